The molecule has 0 saturated carbocycles. The first kappa shape index (κ1) is 15.0. The van der Waals surface area contributed by atoms with Crippen molar-refractivity contribution in [1.29, 1.82) is 0 Å². The first-order valence-corrected chi connectivity index (χ1v) is 7.52. The maximum Gasteiger partial charge on any atom is 0.0308 e. The second kappa shape index (κ2) is 6.75. The number of likely N-dealkylation sites (tertiary alicyclic amines) is 1. The fourth-order valence-electron chi connectivity index (χ4n) is 3.48. The van der Waals surface area contributed by atoms with Crippen molar-refractivity contribution in [2.45, 2.75) is 71.9 Å². The summed E-state index contributed by atoms with van der Waals surface area (Å²) >= 11 is 0. The Morgan fingerprint density at radius 1 is 1.18 bits per heavy atom. The van der Waals surface area contributed by atoms with Gasteiger partial charge in [-0.1, -0.05) is 27.2 Å². The molecule has 0 bridgehead atoms. The monoisotopic (exact) mass is 240 g/mol. The van der Waals surface area contributed by atoms with E-state index < -0.39 is 0 Å². The molecule has 1 rings (SSSR count). The van der Waals surface area contributed by atoms with Crippen LogP contribution in [0.1, 0.15) is 60.3 Å². The minimum Gasteiger partial charge on any atom is -0.312 e. The first-order chi connectivity index (χ1) is 8.04. The predicted octanol–water partition coefficient (Wildman–Crippen LogP) is 3.28. The van der Waals surface area contributed by atoms with E-state index in [1.165, 1.54) is 38.8 Å². The Morgan fingerprint density at radius 2 is 1.76 bits per heavy atom. The van der Waals surface area contributed by atoms with Crippen molar-refractivity contribution < 1.29 is 0 Å². The van der Waals surface area contributed by atoms with Crippen molar-refractivity contribution in [3.05, 3.63) is 0 Å². The summed E-state index contributed by atoms with van der Waals surface area (Å²) in [4.78, 5) is 2.69. The third-order valence-corrected chi connectivity index (χ3v) is 4.42. The van der Waals surface area contributed by atoms with Gasteiger partial charge in [-0.25, -0.2) is 0 Å². The van der Waals surface area contributed by atoms with E-state index in [9.17, 15) is 0 Å². The zero-order valence-corrected chi connectivity index (χ0v) is 12.6. The molecule has 2 unspecified atom stereocenters. The van der Waals surface area contributed by atoms with Crippen molar-refractivity contribution in [2.75, 3.05) is 19.6 Å². The van der Waals surface area contributed by atoms with Crippen LogP contribution in [-0.2, 0) is 0 Å². The fourth-order valence-corrected chi connectivity index (χ4v) is 3.48. The van der Waals surface area contributed by atoms with Gasteiger partial charge in [0.1, 0.15) is 0 Å². The quantitative estimate of drug-likeness (QED) is 0.735. The summed E-state index contributed by atoms with van der Waals surface area (Å²) in [5.41, 5.74) is 0.293. The summed E-state index contributed by atoms with van der Waals surface area (Å²) in [5, 5.41) is 3.74. The molecule has 1 N–H and O–H groups in total. The number of rotatable bonds is 7. The zero-order chi connectivity index (χ0) is 12.9. The zero-order valence-electron chi connectivity index (χ0n) is 12.6. The SMILES string of the molecule is CCCC(C)C(NCC)C(C)(C)N1CCCC1. The van der Waals surface area contributed by atoms with Crippen LogP contribution in [0, 0.1) is 5.92 Å². The van der Waals surface area contributed by atoms with Crippen molar-refractivity contribution in [3.8, 4) is 0 Å². The summed E-state index contributed by atoms with van der Waals surface area (Å²) in [6.07, 6.45) is 5.38. The second-order valence-electron chi connectivity index (χ2n) is 6.15. The van der Waals surface area contributed by atoms with Gasteiger partial charge in [0.05, 0.1) is 0 Å². The normalized spacial score (nSPS) is 21.7. The van der Waals surface area contributed by atoms with Gasteiger partial charge in [-0.3, -0.25) is 4.90 Å². The smallest absolute Gasteiger partial charge is 0.0308 e. The molecule has 0 aromatic heterocycles. The maximum absolute atomic E-state index is 3.74. The summed E-state index contributed by atoms with van der Waals surface area (Å²) in [6, 6.07) is 0.616. The molecule has 0 radical (unpaired) electrons. The van der Waals surface area contributed by atoms with Crippen LogP contribution in [0.5, 0.6) is 0 Å². The summed E-state index contributed by atoms with van der Waals surface area (Å²) in [5.74, 6) is 0.760. The topological polar surface area (TPSA) is 15.3 Å². The molecule has 1 aliphatic rings. The second-order valence-corrected chi connectivity index (χ2v) is 6.15. The molecule has 17 heavy (non-hydrogen) atoms. The number of nitrogens with one attached hydrogen (secondary N) is 1. The summed E-state index contributed by atoms with van der Waals surface area (Å²) in [6.45, 7) is 15.4. The molecule has 1 aliphatic heterocycles. The summed E-state index contributed by atoms with van der Waals surface area (Å²) < 4.78 is 0. The van der Waals surface area contributed by atoms with E-state index in [4.69, 9.17) is 0 Å². The molecular weight excluding hydrogens is 208 g/mol. The standard InChI is InChI=1S/C15H32N2/c1-6-10-13(3)14(16-7-2)15(4,5)17-11-8-9-12-17/h13-14,16H,6-12H2,1-5H3. The van der Waals surface area contributed by atoms with Crippen LogP contribution in [0.25, 0.3) is 0 Å². The largest absolute Gasteiger partial charge is 0.312 e. The van der Waals surface area contributed by atoms with Crippen molar-refractivity contribution in [2.24, 2.45) is 5.92 Å². The van der Waals surface area contributed by atoms with Gasteiger partial charge in [-0.15, -0.1) is 0 Å². The molecule has 2 heteroatoms. The van der Waals surface area contributed by atoms with Crippen LogP contribution in [0.15, 0.2) is 0 Å². The summed E-state index contributed by atoms with van der Waals surface area (Å²) in [7, 11) is 0. The van der Waals surface area contributed by atoms with Gasteiger partial charge < -0.3 is 5.32 Å². The van der Waals surface area contributed by atoms with Gasteiger partial charge in [-0.05, 0) is 58.7 Å². The van der Waals surface area contributed by atoms with E-state index in [2.05, 4.69) is 44.8 Å². The van der Waals surface area contributed by atoms with E-state index >= 15 is 0 Å². The minimum absolute atomic E-state index is 0.293. The lowest BCUT2D eigenvalue weighted by Gasteiger charge is -2.45. The molecule has 1 heterocycles. The van der Waals surface area contributed by atoms with Gasteiger partial charge in [0.15, 0.2) is 0 Å². The van der Waals surface area contributed by atoms with Gasteiger partial charge in [-0.2, -0.15) is 0 Å². The van der Waals surface area contributed by atoms with Crippen molar-refractivity contribution in [3.63, 3.8) is 0 Å². The van der Waals surface area contributed by atoms with Crippen molar-refractivity contribution in [1.82, 2.24) is 10.2 Å². The average molecular weight is 240 g/mol. The maximum atomic E-state index is 3.74. The van der Waals surface area contributed by atoms with Crippen LogP contribution in [0.3, 0.4) is 0 Å². The van der Waals surface area contributed by atoms with Crippen molar-refractivity contribution >= 4 is 0 Å². The Balaban J connectivity index is 2.72. The highest BCUT2D eigenvalue weighted by atomic mass is 15.2. The molecule has 2 atom stereocenters. The van der Waals surface area contributed by atoms with E-state index in [1.54, 1.807) is 0 Å². The molecule has 0 aromatic carbocycles. The van der Waals surface area contributed by atoms with Gasteiger partial charge in [0.2, 0.25) is 0 Å². The van der Waals surface area contributed by atoms with Crippen LogP contribution in [-0.4, -0.2) is 36.1 Å². The van der Waals surface area contributed by atoms with Gasteiger partial charge in [0.25, 0.3) is 0 Å². The predicted molar refractivity (Wildman–Crippen MR) is 76.4 cm³/mol. The van der Waals surface area contributed by atoms with Crippen LogP contribution >= 0.6 is 0 Å². The third kappa shape index (κ3) is 3.69. The molecule has 1 fully saturated rings. The van der Waals surface area contributed by atoms with Crippen LogP contribution < -0.4 is 5.32 Å². The molecule has 0 spiro atoms. The lowest BCUT2D eigenvalue weighted by atomic mass is 9.82. The van der Waals surface area contributed by atoms with E-state index in [-0.39, 0.29) is 0 Å². The van der Waals surface area contributed by atoms with Crippen LogP contribution in [0.4, 0.5) is 0 Å². The first-order valence-electron chi connectivity index (χ1n) is 7.52. The van der Waals surface area contributed by atoms with Gasteiger partial charge in [0, 0.05) is 11.6 Å². The number of hydrogen-bond acceptors (Lipinski definition) is 2. The molecule has 1 saturated heterocycles. The molecule has 102 valence electrons. The highest BCUT2D eigenvalue weighted by Gasteiger charge is 2.38. The molecule has 0 aliphatic carbocycles. The van der Waals surface area contributed by atoms with Crippen LogP contribution in [0.2, 0.25) is 0 Å². The minimum atomic E-state index is 0.293. The third-order valence-electron chi connectivity index (χ3n) is 4.42. The average Bonchev–Trinajstić information content (AvgIpc) is 2.79. The molecule has 2 nitrogen and oxygen atoms in total. The van der Waals surface area contributed by atoms with E-state index in [0.29, 0.717) is 11.6 Å². The lowest BCUT2D eigenvalue weighted by molar-refractivity contribution is 0.0795. The fraction of sp³-hybridized carbons (Fsp3) is 1.00. The van der Waals surface area contributed by atoms with E-state index in [1.807, 2.05) is 0 Å². The highest BCUT2D eigenvalue weighted by molar-refractivity contribution is 4.97. The highest BCUT2D eigenvalue weighted by Crippen LogP contribution is 2.29. The van der Waals surface area contributed by atoms with Gasteiger partial charge >= 0.3 is 0 Å². The molecule has 0 amide bonds. The number of likely N-dealkylation sites (N-methyl/N-ethyl adjacent to an activating group) is 1. The number of hydrogen-bond donors (Lipinski definition) is 1. The molecule has 0 aromatic rings. The number of nitrogens with zero attached hydrogens (tertiary/aromatic N) is 1. The lowest BCUT2D eigenvalue weighted by Crippen LogP contribution is -2.59. The molecular formula is C15H32N2. The Morgan fingerprint density at radius 3 is 2.24 bits per heavy atom. The van der Waals surface area contributed by atoms with E-state index in [0.717, 1.165) is 12.5 Å². The Labute approximate surface area is 108 Å². The Bertz CT molecular complexity index is 207. The Kier molecular flexibility index (Phi) is 5.94. The Hall–Kier alpha value is -0.0800.